The number of piperidine rings is 1. The van der Waals surface area contributed by atoms with Crippen LogP contribution in [0.4, 0.5) is 0 Å². The summed E-state index contributed by atoms with van der Waals surface area (Å²) in [5.41, 5.74) is 0.640. The Morgan fingerprint density at radius 2 is 1.52 bits per heavy atom. The molecule has 0 aromatic carbocycles. The average molecular weight is 354 g/mol. The van der Waals surface area contributed by atoms with E-state index >= 15 is 0 Å². The zero-order valence-corrected chi connectivity index (χ0v) is 17.6. The standard InChI is InChI=1S/C16H29N3O.C3H8.C2H6/c1-2-16(5-6-16)13-18-9-11-19(12-10-18)15(20)14-3-7-17-8-4-14;1-3-2;1-2/h14,17H,2-13H2,1H3;3H2,1-2H3;1-2H3. The van der Waals surface area contributed by atoms with Crippen LogP contribution in [0.2, 0.25) is 0 Å². The van der Waals surface area contributed by atoms with Gasteiger partial charge < -0.3 is 10.2 Å². The molecule has 0 aromatic rings. The maximum absolute atomic E-state index is 12.5. The van der Waals surface area contributed by atoms with Crippen LogP contribution >= 0.6 is 0 Å². The third-order valence-electron chi connectivity index (χ3n) is 5.64. The van der Waals surface area contributed by atoms with Gasteiger partial charge in [-0.15, -0.1) is 0 Å². The highest BCUT2D eigenvalue weighted by Crippen LogP contribution is 2.49. The zero-order valence-electron chi connectivity index (χ0n) is 17.6. The monoisotopic (exact) mass is 353 g/mol. The Hall–Kier alpha value is -0.610. The highest BCUT2D eigenvalue weighted by molar-refractivity contribution is 5.79. The minimum Gasteiger partial charge on any atom is -0.340 e. The smallest absolute Gasteiger partial charge is 0.225 e. The molecule has 0 atom stereocenters. The Bertz CT molecular complexity index is 354. The van der Waals surface area contributed by atoms with Gasteiger partial charge in [-0.2, -0.15) is 0 Å². The lowest BCUT2D eigenvalue weighted by Gasteiger charge is -2.38. The van der Waals surface area contributed by atoms with Gasteiger partial charge in [-0.3, -0.25) is 9.69 Å². The number of rotatable bonds is 4. The van der Waals surface area contributed by atoms with Crippen molar-refractivity contribution in [1.29, 1.82) is 0 Å². The van der Waals surface area contributed by atoms with Gasteiger partial charge in [0.25, 0.3) is 0 Å². The first-order chi connectivity index (χ1) is 12.1. The number of amides is 1. The summed E-state index contributed by atoms with van der Waals surface area (Å²) in [6.07, 6.45) is 7.45. The molecule has 2 heterocycles. The van der Waals surface area contributed by atoms with Crippen molar-refractivity contribution in [2.75, 3.05) is 45.8 Å². The molecule has 1 N–H and O–H groups in total. The van der Waals surface area contributed by atoms with Gasteiger partial charge in [-0.25, -0.2) is 0 Å². The van der Waals surface area contributed by atoms with E-state index in [1.807, 2.05) is 13.8 Å². The molecule has 0 aromatic heterocycles. The number of hydrogen-bond donors (Lipinski definition) is 1. The molecule has 1 aliphatic carbocycles. The highest BCUT2D eigenvalue weighted by Gasteiger charge is 2.42. The Morgan fingerprint density at radius 3 is 1.96 bits per heavy atom. The van der Waals surface area contributed by atoms with E-state index in [1.54, 1.807) is 0 Å². The first-order valence-corrected chi connectivity index (χ1v) is 10.9. The van der Waals surface area contributed by atoms with Crippen molar-refractivity contribution in [3.63, 3.8) is 0 Å². The summed E-state index contributed by atoms with van der Waals surface area (Å²) in [7, 11) is 0. The Morgan fingerprint density at radius 1 is 1.00 bits per heavy atom. The fourth-order valence-electron chi connectivity index (χ4n) is 3.73. The van der Waals surface area contributed by atoms with Gasteiger partial charge in [-0.05, 0) is 50.6 Å². The second-order valence-corrected chi connectivity index (χ2v) is 7.69. The van der Waals surface area contributed by atoms with E-state index in [9.17, 15) is 4.79 Å². The van der Waals surface area contributed by atoms with Crippen LogP contribution in [0.5, 0.6) is 0 Å². The maximum Gasteiger partial charge on any atom is 0.225 e. The Kier molecular flexibility index (Phi) is 10.7. The van der Waals surface area contributed by atoms with Crippen molar-refractivity contribution in [1.82, 2.24) is 15.1 Å². The summed E-state index contributed by atoms with van der Waals surface area (Å²) >= 11 is 0. The quantitative estimate of drug-likeness (QED) is 0.836. The van der Waals surface area contributed by atoms with Gasteiger partial charge in [0, 0.05) is 38.6 Å². The van der Waals surface area contributed by atoms with Crippen molar-refractivity contribution in [2.24, 2.45) is 11.3 Å². The van der Waals surface area contributed by atoms with E-state index < -0.39 is 0 Å². The van der Waals surface area contributed by atoms with Crippen molar-refractivity contribution in [2.45, 2.75) is 73.1 Å². The summed E-state index contributed by atoms with van der Waals surface area (Å²) in [6, 6.07) is 0. The Labute approximate surface area is 156 Å². The largest absolute Gasteiger partial charge is 0.340 e. The first-order valence-electron chi connectivity index (χ1n) is 10.9. The molecule has 4 heteroatoms. The molecular weight excluding hydrogens is 310 g/mol. The van der Waals surface area contributed by atoms with Crippen molar-refractivity contribution < 1.29 is 4.79 Å². The lowest BCUT2D eigenvalue weighted by Crippen LogP contribution is -2.52. The SMILES string of the molecule is CC.CCC.CCC1(CN2CCN(C(=O)C3CCNCC3)CC2)CC1. The van der Waals surface area contributed by atoms with Crippen LogP contribution in [0.15, 0.2) is 0 Å². The van der Waals surface area contributed by atoms with Gasteiger partial charge in [-0.1, -0.05) is 41.0 Å². The molecule has 25 heavy (non-hydrogen) atoms. The molecule has 0 spiro atoms. The molecule has 2 aliphatic heterocycles. The van der Waals surface area contributed by atoms with Gasteiger partial charge in [0.05, 0.1) is 0 Å². The first kappa shape index (κ1) is 22.4. The van der Waals surface area contributed by atoms with E-state index in [-0.39, 0.29) is 5.92 Å². The summed E-state index contributed by atoms with van der Waals surface area (Å²) in [5.74, 6) is 0.705. The second-order valence-electron chi connectivity index (χ2n) is 7.69. The lowest BCUT2D eigenvalue weighted by molar-refractivity contribution is -0.138. The van der Waals surface area contributed by atoms with E-state index in [4.69, 9.17) is 0 Å². The number of nitrogens with zero attached hydrogens (tertiary/aromatic N) is 2. The molecule has 0 unspecified atom stereocenters. The molecule has 0 bridgehead atoms. The second kappa shape index (κ2) is 11.9. The average Bonchev–Trinajstić information content (AvgIpc) is 3.45. The molecule has 148 valence electrons. The number of piperazine rings is 1. The molecule has 0 radical (unpaired) electrons. The predicted octanol–water partition coefficient (Wildman–Crippen LogP) is 3.76. The van der Waals surface area contributed by atoms with E-state index in [0.717, 1.165) is 52.1 Å². The lowest BCUT2D eigenvalue weighted by atomic mass is 9.96. The summed E-state index contributed by atoms with van der Waals surface area (Å²) in [5, 5.41) is 3.34. The molecule has 2 saturated heterocycles. The minimum absolute atomic E-state index is 0.285. The van der Waals surface area contributed by atoms with Crippen LogP contribution in [0, 0.1) is 11.3 Å². The third-order valence-corrected chi connectivity index (χ3v) is 5.64. The molecule has 1 saturated carbocycles. The number of carbonyl (C=O) groups excluding carboxylic acids is 1. The van der Waals surface area contributed by atoms with Crippen LogP contribution in [-0.4, -0.2) is 61.5 Å². The van der Waals surface area contributed by atoms with Gasteiger partial charge >= 0.3 is 0 Å². The van der Waals surface area contributed by atoms with E-state index in [0.29, 0.717) is 11.3 Å². The summed E-state index contributed by atoms with van der Waals surface area (Å²) in [6.45, 7) is 17.9. The fraction of sp³-hybridized carbons (Fsp3) is 0.952. The summed E-state index contributed by atoms with van der Waals surface area (Å²) in [4.78, 5) is 17.2. The topological polar surface area (TPSA) is 35.6 Å². The maximum atomic E-state index is 12.5. The van der Waals surface area contributed by atoms with Crippen LogP contribution in [0.1, 0.15) is 73.1 Å². The van der Waals surface area contributed by atoms with Gasteiger partial charge in [0.2, 0.25) is 5.91 Å². The third kappa shape index (κ3) is 7.26. The molecule has 3 fully saturated rings. The van der Waals surface area contributed by atoms with Crippen LogP contribution < -0.4 is 5.32 Å². The van der Waals surface area contributed by atoms with Crippen LogP contribution in [0.25, 0.3) is 0 Å². The van der Waals surface area contributed by atoms with Crippen molar-refractivity contribution in [3.05, 3.63) is 0 Å². The van der Waals surface area contributed by atoms with Crippen LogP contribution in [0.3, 0.4) is 0 Å². The minimum atomic E-state index is 0.285. The van der Waals surface area contributed by atoms with E-state index in [1.165, 1.54) is 32.2 Å². The highest BCUT2D eigenvalue weighted by atomic mass is 16.2. The molecule has 3 rings (SSSR count). The van der Waals surface area contributed by atoms with E-state index in [2.05, 4.69) is 35.9 Å². The molecule has 4 nitrogen and oxygen atoms in total. The fourth-order valence-corrected chi connectivity index (χ4v) is 3.73. The zero-order chi connectivity index (χ0) is 18.7. The molecule has 1 amide bonds. The number of hydrogen-bond acceptors (Lipinski definition) is 3. The van der Waals surface area contributed by atoms with Crippen molar-refractivity contribution >= 4 is 5.91 Å². The summed E-state index contributed by atoms with van der Waals surface area (Å²) < 4.78 is 0. The predicted molar refractivity (Wildman–Crippen MR) is 108 cm³/mol. The van der Waals surface area contributed by atoms with Gasteiger partial charge in [0.15, 0.2) is 0 Å². The Balaban J connectivity index is 0.000000567. The van der Waals surface area contributed by atoms with Crippen LogP contribution in [-0.2, 0) is 4.79 Å². The normalized spacial score (nSPS) is 23.0. The molecular formula is C21H43N3O. The number of carbonyl (C=O) groups is 1. The van der Waals surface area contributed by atoms with Gasteiger partial charge in [0.1, 0.15) is 0 Å². The molecule has 3 aliphatic rings. The number of nitrogens with one attached hydrogen (secondary N) is 1. The van der Waals surface area contributed by atoms with Crippen molar-refractivity contribution in [3.8, 4) is 0 Å².